The summed E-state index contributed by atoms with van der Waals surface area (Å²) in [7, 11) is 0. The summed E-state index contributed by atoms with van der Waals surface area (Å²) >= 11 is 0. The standard InChI is InChI=1S/C17H26N2O/c1-14(20)19-17-10-8-16(9-11-17)13-18-12-4-7-15-5-2-3-6-15/h8-11,15,18H,2-7,12-13H2,1H3,(H,19,20). The predicted octanol–water partition coefficient (Wildman–Crippen LogP) is 3.71. The summed E-state index contributed by atoms with van der Waals surface area (Å²) in [4.78, 5) is 10.9. The van der Waals surface area contributed by atoms with Crippen molar-refractivity contribution in [3.63, 3.8) is 0 Å². The monoisotopic (exact) mass is 274 g/mol. The predicted molar refractivity (Wildman–Crippen MR) is 83.6 cm³/mol. The minimum absolute atomic E-state index is 0.0252. The lowest BCUT2D eigenvalue weighted by Gasteiger charge is -2.09. The van der Waals surface area contributed by atoms with Crippen molar-refractivity contribution in [2.24, 2.45) is 5.92 Å². The molecule has 1 saturated carbocycles. The molecule has 2 N–H and O–H groups in total. The molecule has 1 aliphatic rings. The van der Waals surface area contributed by atoms with Crippen LogP contribution in [0, 0.1) is 5.92 Å². The molecule has 1 fully saturated rings. The highest BCUT2D eigenvalue weighted by Gasteiger charge is 2.13. The molecule has 20 heavy (non-hydrogen) atoms. The number of amides is 1. The van der Waals surface area contributed by atoms with Gasteiger partial charge in [-0.2, -0.15) is 0 Å². The Morgan fingerprint density at radius 1 is 1.20 bits per heavy atom. The molecule has 0 unspecified atom stereocenters. The maximum absolute atomic E-state index is 10.9. The highest BCUT2D eigenvalue weighted by molar-refractivity contribution is 5.88. The van der Waals surface area contributed by atoms with Crippen molar-refractivity contribution < 1.29 is 4.79 Å². The van der Waals surface area contributed by atoms with Crippen molar-refractivity contribution in [2.75, 3.05) is 11.9 Å². The van der Waals surface area contributed by atoms with E-state index in [1.807, 2.05) is 12.1 Å². The van der Waals surface area contributed by atoms with E-state index >= 15 is 0 Å². The first-order valence-electron chi connectivity index (χ1n) is 7.81. The number of rotatable bonds is 7. The molecule has 2 rings (SSSR count). The Labute approximate surface area is 122 Å². The first kappa shape index (κ1) is 15.0. The van der Waals surface area contributed by atoms with Gasteiger partial charge in [-0.1, -0.05) is 37.8 Å². The maximum atomic E-state index is 10.9. The van der Waals surface area contributed by atoms with Gasteiger partial charge in [-0.3, -0.25) is 4.79 Å². The zero-order valence-electron chi connectivity index (χ0n) is 12.5. The summed E-state index contributed by atoms with van der Waals surface area (Å²) in [6, 6.07) is 8.04. The molecule has 0 heterocycles. The van der Waals surface area contributed by atoms with Gasteiger partial charge in [-0.15, -0.1) is 0 Å². The number of nitrogens with one attached hydrogen (secondary N) is 2. The Morgan fingerprint density at radius 3 is 2.55 bits per heavy atom. The SMILES string of the molecule is CC(=O)Nc1ccc(CNCCCC2CCCC2)cc1. The fourth-order valence-corrected chi connectivity index (χ4v) is 2.96. The highest BCUT2D eigenvalue weighted by Crippen LogP contribution is 2.28. The van der Waals surface area contributed by atoms with Gasteiger partial charge < -0.3 is 10.6 Å². The third-order valence-corrected chi connectivity index (χ3v) is 4.04. The quantitative estimate of drug-likeness (QED) is 0.744. The smallest absolute Gasteiger partial charge is 0.221 e. The van der Waals surface area contributed by atoms with Crippen molar-refractivity contribution in [3.8, 4) is 0 Å². The van der Waals surface area contributed by atoms with Crippen LogP contribution in [0.1, 0.15) is 51.0 Å². The summed E-state index contributed by atoms with van der Waals surface area (Å²) < 4.78 is 0. The van der Waals surface area contributed by atoms with Crippen LogP contribution < -0.4 is 10.6 Å². The summed E-state index contributed by atoms with van der Waals surface area (Å²) in [5.41, 5.74) is 2.13. The fraction of sp³-hybridized carbons (Fsp3) is 0.588. The molecule has 0 radical (unpaired) electrons. The van der Waals surface area contributed by atoms with E-state index in [-0.39, 0.29) is 5.91 Å². The topological polar surface area (TPSA) is 41.1 Å². The van der Waals surface area contributed by atoms with Crippen LogP contribution in [0.5, 0.6) is 0 Å². The Morgan fingerprint density at radius 2 is 1.90 bits per heavy atom. The Kier molecular flexibility index (Phi) is 6.06. The molecule has 0 atom stereocenters. The van der Waals surface area contributed by atoms with Gasteiger partial charge in [0.15, 0.2) is 0 Å². The van der Waals surface area contributed by atoms with Crippen LogP contribution >= 0.6 is 0 Å². The molecule has 1 aromatic carbocycles. The second kappa shape index (κ2) is 8.05. The van der Waals surface area contributed by atoms with Crippen LogP contribution in [-0.2, 0) is 11.3 Å². The van der Waals surface area contributed by atoms with Crippen molar-refractivity contribution in [3.05, 3.63) is 29.8 Å². The molecule has 0 aromatic heterocycles. The number of carbonyl (C=O) groups excluding carboxylic acids is 1. The van der Waals surface area contributed by atoms with Gasteiger partial charge in [0.05, 0.1) is 0 Å². The zero-order chi connectivity index (χ0) is 14.2. The number of carbonyl (C=O) groups is 1. The van der Waals surface area contributed by atoms with Crippen LogP contribution in [0.25, 0.3) is 0 Å². The average molecular weight is 274 g/mol. The third-order valence-electron chi connectivity index (χ3n) is 4.04. The fourth-order valence-electron chi connectivity index (χ4n) is 2.96. The number of benzene rings is 1. The normalized spacial score (nSPS) is 15.4. The summed E-state index contributed by atoms with van der Waals surface area (Å²) in [6.45, 7) is 3.54. The molecule has 1 amide bonds. The van der Waals surface area contributed by atoms with E-state index in [1.165, 1.54) is 51.0 Å². The largest absolute Gasteiger partial charge is 0.326 e. The molecule has 0 aliphatic heterocycles. The van der Waals surface area contributed by atoms with Gasteiger partial charge in [0, 0.05) is 19.2 Å². The van der Waals surface area contributed by atoms with E-state index in [1.54, 1.807) is 0 Å². The molecule has 3 nitrogen and oxygen atoms in total. The van der Waals surface area contributed by atoms with Gasteiger partial charge in [0.1, 0.15) is 0 Å². The molecular formula is C17H26N2O. The summed E-state index contributed by atoms with van der Waals surface area (Å²) in [5, 5.41) is 6.28. The van der Waals surface area contributed by atoms with E-state index in [0.29, 0.717) is 0 Å². The average Bonchev–Trinajstić information content (AvgIpc) is 2.93. The van der Waals surface area contributed by atoms with Gasteiger partial charge >= 0.3 is 0 Å². The summed E-state index contributed by atoms with van der Waals surface area (Å²) in [6.07, 6.45) is 8.45. The molecule has 0 saturated heterocycles. The lowest BCUT2D eigenvalue weighted by atomic mass is 10.0. The molecule has 1 aliphatic carbocycles. The Bertz CT molecular complexity index is 408. The third kappa shape index (κ3) is 5.33. The number of anilines is 1. The lowest BCUT2D eigenvalue weighted by molar-refractivity contribution is -0.114. The van der Waals surface area contributed by atoms with E-state index in [4.69, 9.17) is 0 Å². The molecule has 1 aromatic rings. The molecule has 3 heteroatoms. The summed E-state index contributed by atoms with van der Waals surface area (Å²) in [5.74, 6) is 0.969. The van der Waals surface area contributed by atoms with E-state index < -0.39 is 0 Å². The minimum Gasteiger partial charge on any atom is -0.326 e. The molecule has 110 valence electrons. The van der Waals surface area contributed by atoms with Gasteiger partial charge in [0.2, 0.25) is 5.91 Å². The van der Waals surface area contributed by atoms with E-state index in [0.717, 1.165) is 24.7 Å². The highest BCUT2D eigenvalue weighted by atomic mass is 16.1. The minimum atomic E-state index is -0.0252. The van der Waals surface area contributed by atoms with Crippen molar-refractivity contribution in [2.45, 2.75) is 52.0 Å². The van der Waals surface area contributed by atoms with Crippen LogP contribution in [0.4, 0.5) is 5.69 Å². The van der Waals surface area contributed by atoms with E-state index in [2.05, 4.69) is 22.8 Å². The second-order valence-corrected chi connectivity index (χ2v) is 5.85. The van der Waals surface area contributed by atoms with Crippen LogP contribution in [0.2, 0.25) is 0 Å². The van der Waals surface area contributed by atoms with Crippen molar-refractivity contribution in [1.29, 1.82) is 0 Å². The van der Waals surface area contributed by atoms with Gasteiger partial charge in [0.25, 0.3) is 0 Å². The van der Waals surface area contributed by atoms with Gasteiger partial charge in [-0.05, 0) is 43.0 Å². The number of hydrogen-bond donors (Lipinski definition) is 2. The van der Waals surface area contributed by atoms with Gasteiger partial charge in [-0.25, -0.2) is 0 Å². The van der Waals surface area contributed by atoms with Crippen LogP contribution in [0.15, 0.2) is 24.3 Å². The maximum Gasteiger partial charge on any atom is 0.221 e. The Balaban J connectivity index is 1.60. The zero-order valence-corrected chi connectivity index (χ0v) is 12.5. The second-order valence-electron chi connectivity index (χ2n) is 5.85. The Hall–Kier alpha value is -1.35. The molecule has 0 spiro atoms. The van der Waals surface area contributed by atoms with Crippen molar-refractivity contribution in [1.82, 2.24) is 5.32 Å². The lowest BCUT2D eigenvalue weighted by Crippen LogP contribution is -2.15. The first-order valence-corrected chi connectivity index (χ1v) is 7.81. The first-order chi connectivity index (χ1) is 9.74. The van der Waals surface area contributed by atoms with E-state index in [9.17, 15) is 4.79 Å². The van der Waals surface area contributed by atoms with Crippen LogP contribution in [0.3, 0.4) is 0 Å². The number of hydrogen-bond acceptors (Lipinski definition) is 2. The molecular weight excluding hydrogens is 248 g/mol. The molecule has 0 bridgehead atoms. The van der Waals surface area contributed by atoms with Crippen LogP contribution in [-0.4, -0.2) is 12.5 Å². The van der Waals surface area contributed by atoms with Crippen molar-refractivity contribution >= 4 is 11.6 Å².